The number of ketones is 1. The van der Waals surface area contributed by atoms with Gasteiger partial charge >= 0.3 is 6.18 Å². The maximum absolute atomic E-state index is 11.1. The van der Waals surface area contributed by atoms with Gasteiger partial charge < -0.3 is 5.48 Å². The minimum atomic E-state index is -4.63. The van der Waals surface area contributed by atoms with Crippen molar-refractivity contribution in [2.75, 3.05) is 0 Å². The molecule has 0 bridgehead atoms. The molecule has 2 N–H and O–H groups in total. The van der Waals surface area contributed by atoms with Crippen molar-refractivity contribution >= 4 is 5.78 Å². The van der Waals surface area contributed by atoms with E-state index in [1.165, 1.54) is 6.92 Å². The lowest BCUT2D eigenvalue weighted by Crippen LogP contribution is -2.20. The van der Waals surface area contributed by atoms with E-state index in [1.807, 2.05) is 0 Å². The third-order valence-corrected chi connectivity index (χ3v) is 0.637. The first kappa shape index (κ1) is 11.2. The monoisotopic (exact) mass is 144 g/mol. The number of carbonyl (C=O) groups excluding carboxylic acids is 1. The SMILES string of the molecule is CCC(=O)C(F)(F)F.O. The van der Waals surface area contributed by atoms with E-state index in [1.54, 1.807) is 0 Å². The molecule has 0 saturated heterocycles. The third kappa shape index (κ3) is 3.96. The zero-order valence-electron chi connectivity index (χ0n) is 4.75. The Labute approximate surface area is 50.0 Å². The Hall–Kier alpha value is -0.580. The Balaban J connectivity index is 0. The predicted octanol–water partition coefficient (Wildman–Crippen LogP) is 0.703. The zero-order valence-corrected chi connectivity index (χ0v) is 4.75. The Bertz CT molecular complexity index is 96.5. The van der Waals surface area contributed by atoms with E-state index < -0.39 is 18.4 Å². The summed E-state index contributed by atoms with van der Waals surface area (Å²) in [5.41, 5.74) is 0. The molecule has 2 nitrogen and oxygen atoms in total. The standard InChI is InChI=1S/C4H5F3O.H2O/c1-2-3(8)4(5,6)7;/h2H2,1H3;1H2. The number of carbonyl (C=O) groups is 1. The molecule has 0 spiro atoms. The molecule has 0 aliphatic carbocycles. The van der Waals surface area contributed by atoms with Gasteiger partial charge in [0.1, 0.15) is 0 Å². The molecular weight excluding hydrogens is 137 g/mol. The van der Waals surface area contributed by atoms with E-state index in [0.717, 1.165) is 0 Å². The van der Waals surface area contributed by atoms with Gasteiger partial charge in [0.05, 0.1) is 0 Å². The molecule has 0 atom stereocenters. The first-order valence-electron chi connectivity index (χ1n) is 2.08. The van der Waals surface area contributed by atoms with Crippen LogP contribution >= 0.6 is 0 Å². The molecule has 0 radical (unpaired) electrons. The van der Waals surface area contributed by atoms with E-state index in [4.69, 9.17) is 0 Å². The fourth-order valence-electron chi connectivity index (χ4n) is 0.200. The molecular formula is C4H7F3O2. The van der Waals surface area contributed by atoms with Gasteiger partial charge in [-0.2, -0.15) is 13.2 Å². The molecule has 0 unspecified atom stereocenters. The first-order valence-corrected chi connectivity index (χ1v) is 2.08. The second-order valence-corrected chi connectivity index (χ2v) is 1.27. The van der Waals surface area contributed by atoms with Gasteiger partial charge in [-0.3, -0.25) is 4.79 Å². The number of alkyl halides is 3. The second-order valence-electron chi connectivity index (χ2n) is 1.27. The van der Waals surface area contributed by atoms with Crippen LogP contribution < -0.4 is 0 Å². The minimum absolute atomic E-state index is 0. The summed E-state index contributed by atoms with van der Waals surface area (Å²) >= 11 is 0. The van der Waals surface area contributed by atoms with Crippen LogP contribution in [0.1, 0.15) is 13.3 Å². The van der Waals surface area contributed by atoms with Gasteiger partial charge in [-0.05, 0) is 0 Å². The van der Waals surface area contributed by atoms with Crippen molar-refractivity contribution in [1.82, 2.24) is 0 Å². The molecule has 0 saturated carbocycles. The average molecular weight is 144 g/mol. The molecule has 0 fully saturated rings. The Morgan fingerprint density at radius 1 is 1.44 bits per heavy atom. The number of Topliss-reactive ketones (excluding diaryl/α,β-unsaturated/α-hetero) is 1. The summed E-state index contributed by atoms with van der Waals surface area (Å²) < 4.78 is 33.3. The van der Waals surface area contributed by atoms with Gasteiger partial charge in [-0.1, -0.05) is 6.92 Å². The molecule has 0 amide bonds. The highest BCUT2D eigenvalue weighted by Gasteiger charge is 2.36. The van der Waals surface area contributed by atoms with Crippen LogP contribution in [0.3, 0.4) is 0 Å². The maximum atomic E-state index is 11.1. The highest BCUT2D eigenvalue weighted by atomic mass is 19.4. The lowest BCUT2D eigenvalue weighted by Gasteiger charge is -1.99. The highest BCUT2D eigenvalue weighted by molar-refractivity contribution is 5.83. The Morgan fingerprint density at radius 3 is 1.78 bits per heavy atom. The van der Waals surface area contributed by atoms with Crippen LogP contribution in [-0.4, -0.2) is 17.4 Å². The molecule has 5 heteroatoms. The summed E-state index contributed by atoms with van der Waals surface area (Å²) in [6.45, 7) is 1.18. The summed E-state index contributed by atoms with van der Waals surface area (Å²) in [4.78, 5) is 9.71. The normalized spacial score (nSPS) is 10.2. The van der Waals surface area contributed by atoms with Crippen LogP contribution in [0.4, 0.5) is 13.2 Å². The lowest BCUT2D eigenvalue weighted by molar-refractivity contribution is -0.170. The topological polar surface area (TPSA) is 48.6 Å². The zero-order chi connectivity index (χ0) is 6.78. The molecule has 0 heterocycles. The van der Waals surface area contributed by atoms with Crippen molar-refractivity contribution in [3.63, 3.8) is 0 Å². The fraction of sp³-hybridized carbons (Fsp3) is 0.750. The lowest BCUT2D eigenvalue weighted by atomic mass is 10.3. The summed E-state index contributed by atoms with van der Waals surface area (Å²) in [5, 5.41) is 0. The fourth-order valence-corrected chi connectivity index (χ4v) is 0.200. The van der Waals surface area contributed by atoms with Crippen LogP contribution in [0.2, 0.25) is 0 Å². The maximum Gasteiger partial charge on any atom is 0.449 e. The molecule has 9 heavy (non-hydrogen) atoms. The van der Waals surface area contributed by atoms with E-state index in [-0.39, 0.29) is 5.48 Å². The minimum Gasteiger partial charge on any atom is -0.412 e. The van der Waals surface area contributed by atoms with Crippen molar-refractivity contribution in [3.8, 4) is 0 Å². The number of halogens is 3. The summed E-state index contributed by atoms with van der Waals surface area (Å²) in [7, 11) is 0. The van der Waals surface area contributed by atoms with Gasteiger partial charge in [0.15, 0.2) is 0 Å². The van der Waals surface area contributed by atoms with Gasteiger partial charge in [0, 0.05) is 6.42 Å². The number of hydrogen-bond donors (Lipinski definition) is 0. The molecule has 0 aliphatic rings. The van der Waals surface area contributed by atoms with E-state index in [0.29, 0.717) is 0 Å². The van der Waals surface area contributed by atoms with Crippen molar-refractivity contribution in [2.45, 2.75) is 19.5 Å². The number of rotatable bonds is 1. The van der Waals surface area contributed by atoms with Crippen molar-refractivity contribution in [2.24, 2.45) is 0 Å². The van der Waals surface area contributed by atoms with Crippen molar-refractivity contribution in [1.29, 1.82) is 0 Å². The molecule has 0 rings (SSSR count). The predicted molar refractivity (Wildman–Crippen MR) is 25.0 cm³/mol. The summed E-state index contributed by atoms with van der Waals surface area (Å²) in [6.07, 6.45) is -5.10. The van der Waals surface area contributed by atoms with Gasteiger partial charge in [-0.25, -0.2) is 0 Å². The van der Waals surface area contributed by atoms with E-state index in [2.05, 4.69) is 0 Å². The largest absolute Gasteiger partial charge is 0.449 e. The van der Waals surface area contributed by atoms with Crippen LogP contribution in [0.25, 0.3) is 0 Å². The molecule has 56 valence electrons. The molecule has 0 aromatic carbocycles. The third-order valence-electron chi connectivity index (χ3n) is 0.637. The Kier molecular flexibility index (Phi) is 4.31. The molecule has 0 aromatic heterocycles. The van der Waals surface area contributed by atoms with Crippen molar-refractivity contribution < 1.29 is 23.4 Å². The van der Waals surface area contributed by atoms with E-state index >= 15 is 0 Å². The van der Waals surface area contributed by atoms with E-state index in [9.17, 15) is 18.0 Å². The van der Waals surface area contributed by atoms with Crippen LogP contribution in [-0.2, 0) is 4.79 Å². The second kappa shape index (κ2) is 3.45. The summed E-state index contributed by atoms with van der Waals surface area (Å²) in [5.74, 6) is -1.67. The van der Waals surface area contributed by atoms with Crippen LogP contribution in [0.15, 0.2) is 0 Å². The van der Waals surface area contributed by atoms with Crippen LogP contribution in [0, 0.1) is 0 Å². The van der Waals surface area contributed by atoms with Gasteiger partial charge in [0.2, 0.25) is 5.78 Å². The van der Waals surface area contributed by atoms with Gasteiger partial charge in [0.25, 0.3) is 0 Å². The average Bonchev–Trinajstić information content (AvgIpc) is 1.62. The highest BCUT2D eigenvalue weighted by Crippen LogP contribution is 2.16. The quantitative estimate of drug-likeness (QED) is 0.534. The number of hydrogen-bond acceptors (Lipinski definition) is 1. The Morgan fingerprint density at radius 2 is 1.78 bits per heavy atom. The van der Waals surface area contributed by atoms with Gasteiger partial charge in [-0.15, -0.1) is 0 Å². The smallest absolute Gasteiger partial charge is 0.412 e. The van der Waals surface area contributed by atoms with Crippen LogP contribution in [0.5, 0.6) is 0 Å². The summed E-state index contributed by atoms with van der Waals surface area (Å²) in [6, 6.07) is 0. The van der Waals surface area contributed by atoms with Crippen molar-refractivity contribution in [3.05, 3.63) is 0 Å². The molecule has 0 aliphatic heterocycles. The molecule has 0 aromatic rings. The first-order chi connectivity index (χ1) is 3.48.